The van der Waals surface area contributed by atoms with Gasteiger partial charge in [0.25, 0.3) is 0 Å². The molecule has 0 aliphatic carbocycles. The third-order valence-electron chi connectivity index (χ3n) is 13.3. The first-order chi connectivity index (χ1) is 36.5. The van der Waals surface area contributed by atoms with Crippen molar-refractivity contribution in [1.82, 2.24) is 0 Å². The largest absolute Gasteiger partial charge is 0.462 e. The zero-order valence-electron chi connectivity index (χ0n) is 48.6. The Labute approximate surface area is 457 Å². The molecule has 0 aliphatic rings. The van der Waals surface area contributed by atoms with E-state index in [1.165, 1.54) is 141 Å². The van der Waals surface area contributed by atoms with E-state index in [-0.39, 0.29) is 31.1 Å². The average Bonchev–Trinajstić information content (AvgIpc) is 3.40. The van der Waals surface area contributed by atoms with Crippen LogP contribution in [0, 0.1) is 0 Å². The molecule has 0 radical (unpaired) electrons. The Morgan fingerprint density at radius 3 is 0.824 bits per heavy atom. The quantitative estimate of drug-likeness (QED) is 0.0261. The molecule has 1 atom stereocenters. The molecule has 0 fully saturated rings. The first-order valence-corrected chi connectivity index (χ1v) is 31.2. The minimum absolute atomic E-state index is 0.0818. The second-order valence-corrected chi connectivity index (χ2v) is 20.6. The molecule has 0 aliphatic heterocycles. The van der Waals surface area contributed by atoms with Gasteiger partial charge >= 0.3 is 17.9 Å². The van der Waals surface area contributed by atoms with Gasteiger partial charge in [-0.25, -0.2) is 0 Å². The molecule has 0 rings (SSSR count). The van der Waals surface area contributed by atoms with Crippen molar-refractivity contribution in [2.45, 2.75) is 303 Å². The Morgan fingerprint density at radius 2 is 0.527 bits per heavy atom. The number of ether oxygens (including phenoxy) is 3. The summed E-state index contributed by atoms with van der Waals surface area (Å²) in [6.07, 6.45) is 83.0. The molecule has 0 saturated heterocycles. The standard InChI is InChI=1S/C68H116O6/c1-4-7-10-13-16-18-20-22-24-26-28-30-31-32-33-34-35-36-37-39-40-42-44-46-48-50-52-55-58-61-67(70)73-64-65(63-72-66(69)60-57-54-15-12-9-6-3)74-68(71)62-59-56-53-51-49-47-45-43-41-38-29-27-25-23-21-19-17-14-11-8-5-2/h7,10,16,18,21-24,27-30,32-33,41,43,65H,4-6,8-9,11-15,17,19-20,25-26,31,34-40,42,44-64H2,1-3H3/b10-7-,18-16-,23-21-,24-22-,29-27-,30-28-,33-32-,43-41-. The molecule has 0 bridgehead atoms. The van der Waals surface area contributed by atoms with E-state index in [9.17, 15) is 14.4 Å². The highest BCUT2D eigenvalue weighted by Crippen LogP contribution is 2.16. The molecular formula is C68H116O6. The first kappa shape index (κ1) is 70.3. The number of hydrogen-bond acceptors (Lipinski definition) is 6. The highest BCUT2D eigenvalue weighted by atomic mass is 16.6. The van der Waals surface area contributed by atoms with Crippen molar-refractivity contribution in [3.63, 3.8) is 0 Å². The number of carbonyl (C=O) groups is 3. The fraction of sp³-hybridized carbons (Fsp3) is 0.721. The summed E-state index contributed by atoms with van der Waals surface area (Å²) in [4.78, 5) is 38.0. The SMILES string of the molecule is CC/C=C\C/C=C\C/C=C\C/C=C\C/C=C\CCCCCCCCCCCCCCCC(=O)OCC(COC(=O)CCCCCCCC)OC(=O)CCCCCCCC/C=C\C/C=C\C/C=C\CCCCCCC. The van der Waals surface area contributed by atoms with Crippen molar-refractivity contribution >= 4 is 17.9 Å². The van der Waals surface area contributed by atoms with Crippen LogP contribution in [0.25, 0.3) is 0 Å². The van der Waals surface area contributed by atoms with Gasteiger partial charge in [0.15, 0.2) is 6.10 Å². The van der Waals surface area contributed by atoms with E-state index in [1.54, 1.807) is 0 Å². The number of esters is 3. The van der Waals surface area contributed by atoms with Crippen molar-refractivity contribution in [3.8, 4) is 0 Å². The normalized spacial score (nSPS) is 12.7. The maximum Gasteiger partial charge on any atom is 0.306 e. The summed E-state index contributed by atoms with van der Waals surface area (Å²) in [6, 6.07) is 0. The molecule has 0 aromatic carbocycles. The van der Waals surface area contributed by atoms with E-state index in [0.717, 1.165) is 116 Å². The van der Waals surface area contributed by atoms with Crippen LogP contribution in [0.5, 0.6) is 0 Å². The number of carbonyl (C=O) groups excluding carboxylic acids is 3. The van der Waals surface area contributed by atoms with E-state index in [0.29, 0.717) is 19.3 Å². The Bertz CT molecular complexity index is 1460. The molecule has 0 saturated carbocycles. The van der Waals surface area contributed by atoms with E-state index >= 15 is 0 Å². The maximum atomic E-state index is 12.8. The fourth-order valence-electron chi connectivity index (χ4n) is 8.65. The summed E-state index contributed by atoms with van der Waals surface area (Å²) in [5, 5.41) is 0. The van der Waals surface area contributed by atoms with Crippen LogP contribution < -0.4 is 0 Å². The van der Waals surface area contributed by atoms with Crippen LogP contribution in [0.1, 0.15) is 297 Å². The summed E-state index contributed by atoms with van der Waals surface area (Å²) < 4.78 is 16.8. The Morgan fingerprint density at radius 1 is 0.284 bits per heavy atom. The summed E-state index contributed by atoms with van der Waals surface area (Å²) in [6.45, 7) is 6.46. The van der Waals surface area contributed by atoms with Gasteiger partial charge in [-0.2, -0.15) is 0 Å². The van der Waals surface area contributed by atoms with Gasteiger partial charge in [-0.3, -0.25) is 14.4 Å². The van der Waals surface area contributed by atoms with Crippen LogP contribution in [-0.2, 0) is 28.6 Å². The predicted octanol–water partition coefficient (Wildman–Crippen LogP) is 21.3. The van der Waals surface area contributed by atoms with Crippen LogP contribution in [0.2, 0.25) is 0 Å². The summed E-state index contributed by atoms with van der Waals surface area (Å²) >= 11 is 0. The summed E-state index contributed by atoms with van der Waals surface area (Å²) in [5.74, 6) is -0.899. The minimum atomic E-state index is -0.782. The molecule has 0 aromatic rings. The van der Waals surface area contributed by atoms with Gasteiger partial charge in [0.2, 0.25) is 0 Å². The lowest BCUT2D eigenvalue weighted by Crippen LogP contribution is -2.30. The smallest absolute Gasteiger partial charge is 0.306 e. The van der Waals surface area contributed by atoms with Crippen molar-refractivity contribution in [3.05, 3.63) is 97.2 Å². The van der Waals surface area contributed by atoms with E-state index < -0.39 is 6.10 Å². The molecule has 6 nitrogen and oxygen atoms in total. The van der Waals surface area contributed by atoms with Crippen LogP contribution in [0.3, 0.4) is 0 Å². The molecule has 0 aromatic heterocycles. The van der Waals surface area contributed by atoms with Gasteiger partial charge in [-0.15, -0.1) is 0 Å². The molecule has 0 spiro atoms. The van der Waals surface area contributed by atoms with Gasteiger partial charge in [-0.1, -0.05) is 272 Å². The number of unbranched alkanes of at least 4 members (excludes halogenated alkanes) is 29. The van der Waals surface area contributed by atoms with Crippen LogP contribution in [-0.4, -0.2) is 37.2 Å². The summed E-state index contributed by atoms with van der Waals surface area (Å²) in [5.41, 5.74) is 0. The molecule has 0 N–H and O–H groups in total. The number of allylic oxidation sites excluding steroid dienone is 16. The Balaban J connectivity index is 4.11. The second-order valence-electron chi connectivity index (χ2n) is 20.6. The van der Waals surface area contributed by atoms with Crippen molar-refractivity contribution in [2.24, 2.45) is 0 Å². The number of rotatable bonds is 56. The average molecular weight is 1030 g/mol. The summed E-state index contributed by atoms with van der Waals surface area (Å²) in [7, 11) is 0. The molecule has 0 amide bonds. The Kier molecular flexibility index (Phi) is 58.8. The lowest BCUT2D eigenvalue weighted by atomic mass is 10.0. The lowest BCUT2D eigenvalue weighted by molar-refractivity contribution is -0.167. The van der Waals surface area contributed by atoms with E-state index in [2.05, 4.69) is 118 Å². The third kappa shape index (κ3) is 59.2. The molecule has 424 valence electrons. The topological polar surface area (TPSA) is 78.9 Å². The lowest BCUT2D eigenvalue weighted by Gasteiger charge is -2.18. The maximum absolute atomic E-state index is 12.8. The monoisotopic (exact) mass is 1030 g/mol. The minimum Gasteiger partial charge on any atom is -0.462 e. The first-order valence-electron chi connectivity index (χ1n) is 31.2. The van der Waals surface area contributed by atoms with E-state index in [4.69, 9.17) is 14.2 Å². The van der Waals surface area contributed by atoms with Gasteiger partial charge in [0.05, 0.1) is 0 Å². The Hall–Kier alpha value is -3.67. The highest BCUT2D eigenvalue weighted by Gasteiger charge is 2.19. The van der Waals surface area contributed by atoms with Gasteiger partial charge < -0.3 is 14.2 Å². The second kappa shape index (κ2) is 61.9. The van der Waals surface area contributed by atoms with Crippen LogP contribution in [0.4, 0.5) is 0 Å². The molecule has 0 heterocycles. The highest BCUT2D eigenvalue weighted by molar-refractivity contribution is 5.71. The molecule has 1 unspecified atom stereocenters. The van der Waals surface area contributed by atoms with E-state index in [1.807, 2.05) is 0 Å². The number of hydrogen-bond donors (Lipinski definition) is 0. The van der Waals surface area contributed by atoms with Crippen molar-refractivity contribution in [1.29, 1.82) is 0 Å². The van der Waals surface area contributed by atoms with Gasteiger partial charge in [0.1, 0.15) is 13.2 Å². The van der Waals surface area contributed by atoms with Gasteiger partial charge in [0, 0.05) is 19.3 Å². The zero-order chi connectivity index (χ0) is 53.6. The van der Waals surface area contributed by atoms with Crippen LogP contribution in [0.15, 0.2) is 97.2 Å². The van der Waals surface area contributed by atoms with Crippen molar-refractivity contribution < 1.29 is 28.6 Å². The predicted molar refractivity (Wildman–Crippen MR) is 320 cm³/mol. The van der Waals surface area contributed by atoms with Crippen molar-refractivity contribution in [2.75, 3.05) is 13.2 Å². The van der Waals surface area contributed by atoms with Gasteiger partial charge in [-0.05, 0) is 103 Å². The molecule has 6 heteroatoms. The van der Waals surface area contributed by atoms with Crippen LogP contribution >= 0.6 is 0 Å². The molecule has 74 heavy (non-hydrogen) atoms. The zero-order valence-corrected chi connectivity index (χ0v) is 48.6. The third-order valence-corrected chi connectivity index (χ3v) is 13.3. The fourth-order valence-corrected chi connectivity index (χ4v) is 8.65. The molecular weight excluding hydrogens is 913 g/mol.